The normalized spacial score (nSPS) is 19.7. The minimum atomic E-state index is -1.57. The van der Waals surface area contributed by atoms with Crippen LogP contribution in [0, 0.1) is 35.0 Å². The number of benzene rings is 3. The van der Waals surface area contributed by atoms with Gasteiger partial charge < -0.3 is 0 Å². The highest BCUT2D eigenvalue weighted by Gasteiger charge is 2.24. The molecule has 0 atom stereocenters. The standard InChI is InChI=1S/C24H21F5/c1-2-13-3-5-14(6-4-13)16-10-19(25)22(20(26)11-16)15-7-8-18-17(9-15)12-21(27)24(29)23(18)28/h7-14H,2-6H2,1H3. The lowest BCUT2D eigenvalue weighted by Gasteiger charge is -2.28. The Hall–Kier alpha value is -2.43. The van der Waals surface area contributed by atoms with Gasteiger partial charge in [-0.1, -0.05) is 25.5 Å². The molecule has 4 rings (SSSR count). The van der Waals surface area contributed by atoms with E-state index in [-0.39, 0.29) is 27.8 Å². The van der Waals surface area contributed by atoms with E-state index in [0.717, 1.165) is 38.2 Å². The molecule has 3 aromatic rings. The molecule has 29 heavy (non-hydrogen) atoms. The number of rotatable bonds is 3. The van der Waals surface area contributed by atoms with Crippen molar-refractivity contribution in [3.05, 3.63) is 71.0 Å². The van der Waals surface area contributed by atoms with E-state index >= 15 is 0 Å². The van der Waals surface area contributed by atoms with Gasteiger partial charge in [-0.3, -0.25) is 0 Å². The third kappa shape index (κ3) is 3.63. The summed E-state index contributed by atoms with van der Waals surface area (Å²) in [4.78, 5) is 0. The summed E-state index contributed by atoms with van der Waals surface area (Å²) in [5.74, 6) is -4.82. The fourth-order valence-electron chi connectivity index (χ4n) is 4.47. The molecule has 0 amide bonds. The van der Waals surface area contributed by atoms with E-state index < -0.39 is 29.1 Å². The van der Waals surface area contributed by atoms with Crippen molar-refractivity contribution in [2.75, 3.05) is 0 Å². The van der Waals surface area contributed by atoms with E-state index in [0.29, 0.717) is 11.5 Å². The van der Waals surface area contributed by atoms with Gasteiger partial charge in [0.1, 0.15) is 11.6 Å². The van der Waals surface area contributed by atoms with Gasteiger partial charge in [0.25, 0.3) is 0 Å². The van der Waals surface area contributed by atoms with E-state index in [1.165, 1.54) is 30.3 Å². The zero-order valence-corrected chi connectivity index (χ0v) is 16.0. The molecule has 0 heterocycles. The van der Waals surface area contributed by atoms with Crippen molar-refractivity contribution in [3.8, 4) is 11.1 Å². The van der Waals surface area contributed by atoms with E-state index in [1.54, 1.807) is 0 Å². The molecule has 0 bridgehead atoms. The van der Waals surface area contributed by atoms with Gasteiger partial charge in [-0.05, 0) is 78.3 Å². The average Bonchev–Trinajstić information content (AvgIpc) is 2.71. The molecular formula is C24H21F5. The van der Waals surface area contributed by atoms with Crippen LogP contribution < -0.4 is 0 Å². The Kier molecular flexibility index (Phi) is 5.32. The predicted molar refractivity (Wildman–Crippen MR) is 104 cm³/mol. The minimum absolute atomic E-state index is 0.0414. The van der Waals surface area contributed by atoms with Gasteiger partial charge in [-0.2, -0.15) is 0 Å². The van der Waals surface area contributed by atoms with Crippen molar-refractivity contribution < 1.29 is 22.0 Å². The molecule has 0 radical (unpaired) electrons. The van der Waals surface area contributed by atoms with Crippen LogP contribution in [0.1, 0.15) is 50.5 Å². The van der Waals surface area contributed by atoms with Gasteiger partial charge in [0.05, 0.1) is 5.56 Å². The van der Waals surface area contributed by atoms with Crippen molar-refractivity contribution in [1.82, 2.24) is 0 Å². The molecule has 3 aromatic carbocycles. The van der Waals surface area contributed by atoms with Crippen LogP contribution in [0.25, 0.3) is 21.9 Å². The molecule has 152 valence electrons. The first-order valence-corrected chi connectivity index (χ1v) is 9.95. The fraction of sp³-hybridized carbons (Fsp3) is 0.333. The number of fused-ring (bicyclic) bond motifs is 1. The van der Waals surface area contributed by atoms with Gasteiger partial charge in [-0.15, -0.1) is 0 Å². The summed E-state index contributed by atoms with van der Waals surface area (Å²) in [7, 11) is 0. The van der Waals surface area contributed by atoms with Crippen molar-refractivity contribution in [2.45, 2.75) is 44.9 Å². The first-order chi connectivity index (χ1) is 13.9. The zero-order valence-electron chi connectivity index (χ0n) is 16.0. The Morgan fingerprint density at radius 2 is 1.41 bits per heavy atom. The Morgan fingerprint density at radius 3 is 2.03 bits per heavy atom. The monoisotopic (exact) mass is 404 g/mol. The number of hydrogen-bond acceptors (Lipinski definition) is 0. The number of hydrogen-bond donors (Lipinski definition) is 0. The molecule has 0 unspecified atom stereocenters. The Balaban J connectivity index is 1.71. The van der Waals surface area contributed by atoms with Crippen LogP contribution in [0.3, 0.4) is 0 Å². The molecule has 0 spiro atoms. The van der Waals surface area contributed by atoms with Crippen LogP contribution in [-0.2, 0) is 0 Å². The molecule has 0 aliphatic heterocycles. The molecular weight excluding hydrogens is 383 g/mol. The molecule has 1 fully saturated rings. The topological polar surface area (TPSA) is 0 Å². The maximum atomic E-state index is 14.9. The second kappa shape index (κ2) is 7.77. The van der Waals surface area contributed by atoms with Gasteiger partial charge >= 0.3 is 0 Å². The highest BCUT2D eigenvalue weighted by molar-refractivity contribution is 5.88. The van der Waals surface area contributed by atoms with Crippen LogP contribution >= 0.6 is 0 Å². The highest BCUT2D eigenvalue weighted by Crippen LogP contribution is 2.39. The summed E-state index contributed by atoms with van der Waals surface area (Å²) in [5.41, 5.74) is 0.556. The van der Waals surface area contributed by atoms with Gasteiger partial charge in [0.15, 0.2) is 17.5 Å². The van der Waals surface area contributed by atoms with Gasteiger partial charge in [0.2, 0.25) is 0 Å². The summed E-state index contributed by atoms with van der Waals surface area (Å²) in [6, 6.07) is 7.36. The molecule has 0 N–H and O–H groups in total. The van der Waals surface area contributed by atoms with Crippen LogP contribution in [0.15, 0.2) is 36.4 Å². The lowest BCUT2D eigenvalue weighted by atomic mass is 9.77. The van der Waals surface area contributed by atoms with E-state index in [4.69, 9.17) is 0 Å². The first kappa shape index (κ1) is 19.9. The maximum Gasteiger partial charge on any atom is 0.195 e. The van der Waals surface area contributed by atoms with Crippen molar-refractivity contribution in [2.24, 2.45) is 5.92 Å². The van der Waals surface area contributed by atoms with Gasteiger partial charge in [0, 0.05) is 5.39 Å². The summed E-state index contributed by atoms with van der Waals surface area (Å²) in [6.45, 7) is 2.16. The van der Waals surface area contributed by atoms with Crippen LogP contribution in [0.4, 0.5) is 22.0 Å². The third-order valence-electron chi connectivity index (χ3n) is 6.22. The van der Waals surface area contributed by atoms with Crippen molar-refractivity contribution in [3.63, 3.8) is 0 Å². The van der Waals surface area contributed by atoms with Gasteiger partial charge in [-0.25, -0.2) is 22.0 Å². The largest absolute Gasteiger partial charge is 0.206 e. The SMILES string of the molecule is CCC1CCC(c2cc(F)c(-c3ccc4c(F)c(F)c(F)cc4c3)c(F)c2)CC1. The fourth-order valence-corrected chi connectivity index (χ4v) is 4.47. The Morgan fingerprint density at radius 1 is 0.759 bits per heavy atom. The Bertz CT molecular complexity index is 1040. The summed E-state index contributed by atoms with van der Waals surface area (Å²) in [6.07, 6.45) is 5.07. The maximum absolute atomic E-state index is 14.9. The molecule has 5 heteroatoms. The van der Waals surface area contributed by atoms with Crippen molar-refractivity contribution >= 4 is 10.8 Å². The lowest BCUT2D eigenvalue weighted by Crippen LogP contribution is -2.13. The van der Waals surface area contributed by atoms with E-state index in [9.17, 15) is 22.0 Å². The summed E-state index contributed by atoms with van der Waals surface area (Å²) >= 11 is 0. The van der Waals surface area contributed by atoms with Crippen LogP contribution in [0.5, 0.6) is 0 Å². The first-order valence-electron chi connectivity index (χ1n) is 9.95. The zero-order chi connectivity index (χ0) is 20.7. The lowest BCUT2D eigenvalue weighted by molar-refractivity contribution is 0.318. The second-order valence-electron chi connectivity index (χ2n) is 7.91. The quantitative estimate of drug-likeness (QED) is 0.308. The number of halogens is 5. The minimum Gasteiger partial charge on any atom is -0.206 e. The van der Waals surface area contributed by atoms with Crippen LogP contribution in [-0.4, -0.2) is 0 Å². The second-order valence-corrected chi connectivity index (χ2v) is 7.91. The molecule has 1 aliphatic rings. The third-order valence-corrected chi connectivity index (χ3v) is 6.22. The van der Waals surface area contributed by atoms with Crippen LogP contribution in [0.2, 0.25) is 0 Å². The molecule has 1 saturated carbocycles. The molecule has 1 aliphatic carbocycles. The summed E-state index contributed by atoms with van der Waals surface area (Å²) < 4.78 is 70.6. The van der Waals surface area contributed by atoms with E-state index in [1.807, 2.05) is 0 Å². The smallest absolute Gasteiger partial charge is 0.195 e. The molecule has 0 nitrogen and oxygen atoms in total. The Labute approximate surface area is 166 Å². The molecule has 0 saturated heterocycles. The predicted octanol–water partition coefficient (Wildman–Crippen LogP) is 7.89. The van der Waals surface area contributed by atoms with Crippen molar-refractivity contribution in [1.29, 1.82) is 0 Å². The van der Waals surface area contributed by atoms with E-state index in [2.05, 4.69) is 6.92 Å². The average molecular weight is 404 g/mol. The summed E-state index contributed by atoms with van der Waals surface area (Å²) in [5, 5.41) is -0.0996. The molecule has 0 aromatic heterocycles. The highest BCUT2D eigenvalue weighted by atomic mass is 19.2.